The lowest BCUT2D eigenvalue weighted by Crippen LogP contribution is -2.42. The number of fused-ring (bicyclic) bond motifs is 1. The maximum atomic E-state index is 11.8. The van der Waals surface area contributed by atoms with E-state index in [1.807, 2.05) is 28.9 Å². The summed E-state index contributed by atoms with van der Waals surface area (Å²) in [5, 5.41) is 6.11. The van der Waals surface area contributed by atoms with Gasteiger partial charge in [0, 0.05) is 41.5 Å². The Labute approximate surface area is 129 Å². The molecule has 1 amide bonds. The fourth-order valence-corrected chi connectivity index (χ4v) is 3.43. The Hall–Kier alpha value is -1.05. The van der Waals surface area contributed by atoms with Crippen LogP contribution >= 0.6 is 27.7 Å². The zero-order valence-electron chi connectivity index (χ0n) is 10.8. The van der Waals surface area contributed by atoms with Crippen LogP contribution in [0.4, 0.5) is 0 Å². The SMILES string of the molecule is O=C(NCCc1cn2cc(Br)ccc2n1)C1CSCN1. The number of amides is 1. The number of thioether (sulfide) groups is 1. The molecule has 1 unspecified atom stereocenters. The maximum Gasteiger partial charge on any atom is 0.238 e. The van der Waals surface area contributed by atoms with Gasteiger partial charge in [-0.2, -0.15) is 0 Å². The van der Waals surface area contributed by atoms with Crippen molar-refractivity contribution < 1.29 is 4.79 Å². The monoisotopic (exact) mass is 354 g/mol. The molecule has 3 heterocycles. The molecule has 0 aromatic carbocycles. The Morgan fingerprint density at radius 1 is 1.55 bits per heavy atom. The van der Waals surface area contributed by atoms with Gasteiger partial charge in [0.25, 0.3) is 0 Å². The van der Waals surface area contributed by atoms with Crippen molar-refractivity contribution in [2.75, 3.05) is 18.2 Å². The molecule has 106 valence electrons. The van der Waals surface area contributed by atoms with Gasteiger partial charge in [0.1, 0.15) is 5.65 Å². The zero-order chi connectivity index (χ0) is 13.9. The molecule has 0 bridgehead atoms. The molecule has 0 spiro atoms. The molecular weight excluding hydrogens is 340 g/mol. The number of hydrogen-bond donors (Lipinski definition) is 2. The minimum atomic E-state index is -0.0444. The summed E-state index contributed by atoms with van der Waals surface area (Å²) in [7, 11) is 0. The number of hydrogen-bond acceptors (Lipinski definition) is 4. The van der Waals surface area contributed by atoms with Crippen molar-refractivity contribution >= 4 is 39.2 Å². The number of carbonyl (C=O) groups is 1. The van der Waals surface area contributed by atoms with Crippen molar-refractivity contribution in [3.05, 3.63) is 34.7 Å². The van der Waals surface area contributed by atoms with Gasteiger partial charge in [0.2, 0.25) is 5.91 Å². The summed E-state index contributed by atoms with van der Waals surface area (Å²) < 4.78 is 3.00. The quantitative estimate of drug-likeness (QED) is 0.871. The summed E-state index contributed by atoms with van der Waals surface area (Å²) >= 11 is 5.19. The number of nitrogens with one attached hydrogen (secondary N) is 2. The minimum Gasteiger partial charge on any atom is -0.354 e. The molecule has 1 saturated heterocycles. The molecule has 1 aliphatic heterocycles. The first-order chi connectivity index (χ1) is 9.72. The van der Waals surface area contributed by atoms with Gasteiger partial charge in [-0.3, -0.25) is 10.1 Å². The van der Waals surface area contributed by atoms with Crippen LogP contribution in [0, 0.1) is 0 Å². The third-order valence-electron chi connectivity index (χ3n) is 3.18. The Bertz CT molecular complexity index is 624. The molecule has 3 rings (SSSR count). The highest BCUT2D eigenvalue weighted by atomic mass is 79.9. The van der Waals surface area contributed by atoms with Crippen molar-refractivity contribution in [3.63, 3.8) is 0 Å². The Kier molecular flexibility index (Phi) is 4.28. The smallest absolute Gasteiger partial charge is 0.238 e. The number of pyridine rings is 1. The van der Waals surface area contributed by atoms with Gasteiger partial charge in [-0.15, -0.1) is 11.8 Å². The predicted molar refractivity (Wildman–Crippen MR) is 83.9 cm³/mol. The average Bonchev–Trinajstić information content (AvgIpc) is 3.06. The highest BCUT2D eigenvalue weighted by Gasteiger charge is 2.21. The lowest BCUT2D eigenvalue weighted by molar-refractivity contribution is -0.122. The Balaban J connectivity index is 1.55. The number of halogens is 1. The molecule has 5 nitrogen and oxygen atoms in total. The molecule has 20 heavy (non-hydrogen) atoms. The molecule has 1 fully saturated rings. The molecule has 0 saturated carbocycles. The molecule has 2 aromatic heterocycles. The second kappa shape index (κ2) is 6.15. The first kappa shape index (κ1) is 13.9. The first-order valence-corrected chi connectivity index (χ1v) is 8.39. The van der Waals surface area contributed by atoms with Gasteiger partial charge >= 0.3 is 0 Å². The minimum absolute atomic E-state index is 0.0444. The summed E-state index contributed by atoms with van der Waals surface area (Å²) in [6.07, 6.45) is 4.71. The molecule has 0 radical (unpaired) electrons. The van der Waals surface area contributed by atoms with Crippen molar-refractivity contribution in [1.29, 1.82) is 0 Å². The van der Waals surface area contributed by atoms with Crippen LogP contribution in [0.2, 0.25) is 0 Å². The van der Waals surface area contributed by atoms with E-state index in [2.05, 4.69) is 31.5 Å². The highest BCUT2D eigenvalue weighted by molar-refractivity contribution is 9.10. The van der Waals surface area contributed by atoms with Crippen LogP contribution in [0.1, 0.15) is 5.69 Å². The van der Waals surface area contributed by atoms with E-state index < -0.39 is 0 Å². The Morgan fingerprint density at radius 2 is 2.45 bits per heavy atom. The number of nitrogens with zero attached hydrogens (tertiary/aromatic N) is 2. The lowest BCUT2D eigenvalue weighted by Gasteiger charge is -2.09. The fraction of sp³-hybridized carbons (Fsp3) is 0.385. The van der Waals surface area contributed by atoms with Gasteiger partial charge in [-0.25, -0.2) is 4.98 Å². The molecular formula is C13H15BrN4OS. The number of carbonyl (C=O) groups excluding carboxylic acids is 1. The van der Waals surface area contributed by atoms with Crippen molar-refractivity contribution in [2.45, 2.75) is 12.5 Å². The average molecular weight is 355 g/mol. The summed E-state index contributed by atoms with van der Waals surface area (Å²) in [4.78, 5) is 16.4. The van der Waals surface area contributed by atoms with Crippen molar-refractivity contribution in [1.82, 2.24) is 20.0 Å². The lowest BCUT2D eigenvalue weighted by atomic mass is 10.3. The second-order valence-corrected chi connectivity index (χ2v) is 6.60. The molecule has 7 heteroatoms. The van der Waals surface area contributed by atoms with Crippen LogP contribution in [0.15, 0.2) is 29.0 Å². The van der Waals surface area contributed by atoms with E-state index in [0.717, 1.165) is 33.9 Å². The third-order valence-corrected chi connectivity index (χ3v) is 4.59. The van der Waals surface area contributed by atoms with Crippen LogP contribution in [-0.4, -0.2) is 39.5 Å². The zero-order valence-corrected chi connectivity index (χ0v) is 13.2. The Morgan fingerprint density at radius 3 is 3.25 bits per heavy atom. The van der Waals surface area contributed by atoms with E-state index in [1.165, 1.54) is 0 Å². The van der Waals surface area contributed by atoms with E-state index >= 15 is 0 Å². The van der Waals surface area contributed by atoms with Crippen molar-refractivity contribution in [2.24, 2.45) is 0 Å². The van der Waals surface area contributed by atoms with Crippen LogP contribution in [-0.2, 0) is 11.2 Å². The number of aromatic nitrogens is 2. The van der Waals surface area contributed by atoms with Crippen LogP contribution in [0.5, 0.6) is 0 Å². The molecule has 1 aliphatic rings. The highest BCUT2D eigenvalue weighted by Crippen LogP contribution is 2.13. The van der Waals surface area contributed by atoms with Crippen LogP contribution in [0.25, 0.3) is 5.65 Å². The van der Waals surface area contributed by atoms with E-state index in [4.69, 9.17) is 0 Å². The summed E-state index contributed by atoms with van der Waals surface area (Å²) in [6, 6.07) is 3.89. The number of rotatable bonds is 4. The van der Waals surface area contributed by atoms with E-state index in [0.29, 0.717) is 6.54 Å². The van der Waals surface area contributed by atoms with Crippen LogP contribution in [0.3, 0.4) is 0 Å². The topological polar surface area (TPSA) is 58.4 Å². The van der Waals surface area contributed by atoms with Gasteiger partial charge in [-0.05, 0) is 28.1 Å². The number of imidazole rings is 1. The molecule has 2 N–H and O–H groups in total. The predicted octanol–water partition coefficient (Wildman–Crippen LogP) is 1.42. The molecule has 0 aliphatic carbocycles. The third kappa shape index (κ3) is 3.16. The van der Waals surface area contributed by atoms with E-state index in [9.17, 15) is 4.79 Å². The van der Waals surface area contributed by atoms with Crippen molar-refractivity contribution in [3.8, 4) is 0 Å². The summed E-state index contributed by atoms with van der Waals surface area (Å²) in [5.74, 6) is 1.80. The molecule has 1 atom stereocenters. The van der Waals surface area contributed by atoms with Crippen LogP contribution < -0.4 is 10.6 Å². The van der Waals surface area contributed by atoms with Gasteiger partial charge in [-0.1, -0.05) is 0 Å². The fourth-order valence-electron chi connectivity index (χ4n) is 2.14. The first-order valence-electron chi connectivity index (χ1n) is 6.44. The largest absolute Gasteiger partial charge is 0.354 e. The van der Waals surface area contributed by atoms with E-state index in [1.54, 1.807) is 11.8 Å². The van der Waals surface area contributed by atoms with Gasteiger partial charge in [0.15, 0.2) is 0 Å². The van der Waals surface area contributed by atoms with Gasteiger partial charge in [0.05, 0.1) is 11.7 Å². The second-order valence-electron chi connectivity index (χ2n) is 4.66. The van der Waals surface area contributed by atoms with E-state index in [-0.39, 0.29) is 11.9 Å². The normalized spacial score (nSPS) is 18.6. The van der Waals surface area contributed by atoms with Gasteiger partial charge < -0.3 is 9.72 Å². The summed E-state index contributed by atoms with van der Waals surface area (Å²) in [6.45, 7) is 0.618. The maximum absolute atomic E-state index is 11.8. The summed E-state index contributed by atoms with van der Waals surface area (Å²) in [5.41, 5.74) is 1.90. The molecule has 2 aromatic rings. The standard InChI is InChI=1S/C13H15BrN4OS/c14-9-1-2-12-17-10(6-18(12)5-9)3-4-15-13(19)11-7-20-8-16-11/h1-2,5-6,11,16H,3-4,7-8H2,(H,15,19).